The average molecular weight is 464 g/mol. The molecule has 0 saturated heterocycles. The molecule has 34 heavy (non-hydrogen) atoms. The second-order valence-electron chi connectivity index (χ2n) is 8.91. The minimum absolute atomic E-state index is 0.217. The zero-order valence-electron chi connectivity index (χ0n) is 18.8. The smallest absolute Gasteiger partial charge is 0.251 e. The standard InChI is InChI=1S/C26H23F3N4O/c1-14-5-7-22(31-26(34)16-6-8-21-15(11-16)4-3-9-30-21)24-18(10-14)25(33(2)32-24)17-12-19(27)23(29)20(28)13-17/h3-4,6,8-9,11-14,22H,5,7,10H2,1-2H3,(H,31,34)/t14-,22?/m0/s1. The topological polar surface area (TPSA) is 59.8 Å². The lowest BCUT2D eigenvalue weighted by Crippen LogP contribution is -2.29. The van der Waals surface area contributed by atoms with Crippen molar-refractivity contribution in [3.8, 4) is 11.3 Å². The van der Waals surface area contributed by atoms with Gasteiger partial charge in [-0.3, -0.25) is 14.5 Å². The van der Waals surface area contributed by atoms with Crippen LogP contribution in [0.3, 0.4) is 0 Å². The summed E-state index contributed by atoms with van der Waals surface area (Å²) in [6, 6.07) is 10.7. The minimum Gasteiger partial charge on any atom is -0.344 e. The Morgan fingerprint density at radius 2 is 1.85 bits per heavy atom. The largest absolute Gasteiger partial charge is 0.344 e. The molecule has 174 valence electrons. The molecule has 0 fully saturated rings. The van der Waals surface area contributed by atoms with E-state index < -0.39 is 17.5 Å². The molecule has 1 unspecified atom stereocenters. The van der Waals surface area contributed by atoms with E-state index in [-0.39, 0.29) is 23.4 Å². The molecule has 4 aromatic rings. The number of carbonyl (C=O) groups excluding carboxylic acids is 1. The number of nitrogens with zero attached hydrogens (tertiary/aromatic N) is 3. The van der Waals surface area contributed by atoms with Crippen LogP contribution in [0.5, 0.6) is 0 Å². The van der Waals surface area contributed by atoms with E-state index in [4.69, 9.17) is 0 Å². The monoisotopic (exact) mass is 464 g/mol. The summed E-state index contributed by atoms with van der Waals surface area (Å²) in [4.78, 5) is 17.4. The molecule has 2 heterocycles. The third-order valence-electron chi connectivity index (χ3n) is 6.43. The number of hydrogen-bond acceptors (Lipinski definition) is 3. The molecule has 0 radical (unpaired) electrons. The van der Waals surface area contributed by atoms with Crippen molar-refractivity contribution in [2.75, 3.05) is 0 Å². The van der Waals surface area contributed by atoms with E-state index in [1.165, 1.54) is 0 Å². The zero-order chi connectivity index (χ0) is 24.0. The lowest BCUT2D eigenvalue weighted by Gasteiger charge is -2.16. The van der Waals surface area contributed by atoms with Crippen molar-refractivity contribution in [3.05, 3.63) is 82.9 Å². The number of amides is 1. The van der Waals surface area contributed by atoms with Crippen LogP contribution in [0.2, 0.25) is 0 Å². The van der Waals surface area contributed by atoms with Gasteiger partial charge in [-0.15, -0.1) is 0 Å². The predicted molar refractivity (Wildman–Crippen MR) is 123 cm³/mol. The number of nitrogens with one attached hydrogen (secondary N) is 1. The number of benzene rings is 2. The summed E-state index contributed by atoms with van der Waals surface area (Å²) in [7, 11) is 1.68. The lowest BCUT2D eigenvalue weighted by molar-refractivity contribution is 0.0933. The van der Waals surface area contributed by atoms with Crippen LogP contribution in [-0.4, -0.2) is 20.7 Å². The normalized spacial score (nSPS) is 17.9. The summed E-state index contributed by atoms with van der Waals surface area (Å²) in [5.74, 6) is -3.96. The van der Waals surface area contributed by atoms with Crippen LogP contribution < -0.4 is 5.32 Å². The molecule has 1 aliphatic carbocycles. The number of fused-ring (bicyclic) bond motifs is 2. The molecule has 2 atom stereocenters. The molecule has 0 spiro atoms. The van der Waals surface area contributed by atoms with E-state index in [1.807, 2.05) is 12.1 Å². The van der Waals surface area contributed by atoms with Crippen LogP contribution in [0, 0.1) is 23.4 Å². The first-order chi connectivity index (χ1) is 16.3. The molecule has 0 bridgehead atoms. The fraction of sp³-hybridized carbons (Fsp3) is 0.269. The Hall–Kier alpha value is -3.68. The van der Waals surface area contributed by atoms with Gasteiger partial charge in [-0.2, -0.15) is 5.10 Å². The van der Waals surface area contributed by atoms with Crippen molar-refractivity contribution in [2.45, 2.75) is 32.2 Å². The van der Waals surface area contributed by atoms with E-state index >= 15 is 0 Å². The van der Waals surface area contributed by atoms with Crippen molar-refractivity contribution in [3.63, 3.8) is 0 Å². The lowest BCUT2D eigenvalue weighted by atomic mass is 9.96. The molecule has 1 amide bonds. The molecule has 8 heteroatoms. The van der Waals surface area contributed by atoms with Gasteiger partial charge < -0.3 is 5.32 Å². The summed E-state index contributed by atoms with van der Waals surface area (Å²) in [6.45, 7) is 2.09. The first-order valence-electron chi connectivity index (χ1n) is 11.2. The van der Waals surface area contributed by atoms with E-state index in [0.29, 0.717) is 29.8 Å². The van der Waals surface area contributed by atoms with Gasteiger partial charge in [0, 0.05) is 35.3 Å². The number of aryl methyl sites for hydroxylation is 1. The maximum Gasteiger partial charge on any atom is 0.251 e. The fourth-order valence-corrected chi connectivity index (χ4v) is 4.76. The van der Waals surface area contributed by atoms with Gasteiger partial charge in [0.05, 0.1) is 22.9 Å². The van der Waals surface area contributed by atoms with Crippen LogP contribution in [0.15, 0.2) is 48.7 Å². The Balaban J connectivity index is 1.52. The van der Waals surface area contributed by atoms with Gasteiger partial charge >= 0.3 is 0 Å². The van der Waals surface area contributed by atoms with E-state index in [9.17, 15) is 18.0 Å². The predicted octanol–water partition coefficient (Wildman–Crippen LogP) is 5.50. The van der Waals surface area contributed by atoms with Crippen molar-refractivity contribution >= 4 is 16.8 Å². The van der Waals surface area contributed by atoms with Crippen LogP contribution >= 0.6 is 0 Å². The number of hydrogen-bond donors (Lipinski definition) is 1. The first-order valence-corrected chi connectivity index (χ1v) is 11.2. The number of rotatable bonds is 3. The third-order valence-corrected chi connectivity index (χ3v) is 6.43. The second kappa shape index (κ2) is 8.59. The zero-order valence-corrected chi connectivity index (χ0v) is 18.8. The Bertz CT molecular complexity index is 1390. The number of halogens is 3. The minimum atomic E-state index is -1.50. The molecule has 2 aromatic carbocycles. The molecule has 0 aliphatic heterocycles. The van der Waals surface area contributed by atoms with Gasteiger partial charge in [0.25, 0.3) is 5.91 Å². The molecular weight excluding hydrogens is 441 g/mol. The highest BCUT2D eigenvalue weighted by Gasteiger charge is 2.30. The Morgan fingerprint density at radius 3 is 2.62 bits per heavy atom. The summed E-state index contributed by atoms with van der Waals surface area (Å²) in [5.41, 5.74) is 3.54. The number of pyridine rings is 1. The molecule has 5 rings (SSSR count). The molecule has 5 nitrogen and oxygen atoms in total. The fourth-order valence-electron chi connectivity index (χ4n) is 4.76. The van der Waals surface area contributed by atoms with E-state index in [2.05, 4.69) is 22.3 Å². The van der Waals surface area contributed by atoms with Crippen LogP contribution in [-0.2, 0) is 13.5 Å². The van der Waals surface area contributed by atoms with Crippen molar-refractivity contribution in [2.24, 2.45) is 13.0 Å². The average Bonchev–Trinajstić information content (AvgIpc) is 3.06. The molecule has 1 N–H and O–H groups in total. The highest BCUT2D eigenvalue weighted by molar-refractivity contribution is 5.98. The number of aromatic nitrogens is 3. The SMILES string of the molecule is C[C@H]1CCC(NC(=O)c2ccc3ncccc3c2)c2nn(C)c(-c3cc(F)c(F)c(F)c3)c2C1. The van der Waals surface area contributed by atoms with Gasteiger partial charge in [0.15, 0.2) is 17.5 Å². The Morgan fingerprint density at radius 1 is 1.09 bits per heavy atom. The van der Waals surface area contributed by atoms with Crippen molar-refractivity contribution < 1.29 is 18.0 Å². The Labute approximate surface area is 194 Å². The maximum absolute atomic E-state index is 14.0. The molecule has 1 aliphatic rings. The maximum atomic E-state index is 14.0. The molecule has 2 aromatic heterocycles. The molecular formula is C26H23F3N4O. The van der Waals surface area contributed by atoms with Crippen LogP contribution in [0.25, 0.3) is 22.2 Å². The van der Waals surface area contributed by atoms with Gasteiger partial charge in [-0.1, -0.05) is 13.0 Å². The summed E-state index contributed by atoms with van der Waals surface area (Å²) < 4.78 is 43.1. The van der Waals surface area contributed by atoms with Gasteiger partial charge in [-0.25, -0.2) is 13.2 Å². The van der Waals surface area contributed by atoms with Gasteiger partial charge in [-0.05, 0) is 61.6 Å². The van der Waals surface area contributed by atoms with Crippen molar-refractivity contribution in [1.29, 1.82) is 0 Å². The highest BCUT2D eigenvalue weighted by atomic mass is 19.2. The van der Waals surface area contributed by atoms with Gasteiger partial charge in [0.1, 0.15) is 0 Å². The van der Waals surface area contributed by atoms with Gasteiger partial charge in [0.2, 0.25) is 0 Å². The summed E-state index contributed by atoms with van der Waals surface area (Å²) in [6.07, 6.45) is 3.86. The van der Waals surface area contributed by atoms with E-state index in [0.717, 1.165) is 35.0 Å². The summed E-state index contributed by atoms with van der Waals surface area (Å²) in [5, 5.41) is 8.60. The van der Waals surface area contributed by atoms with Crippen LogP contribution in [0.1, 0.15) is 47.4 Å². The Kier molecular flexibility index (Phi) is 5.59. The first kappa shape index (κ1) is 22.1. The number of carbonyl (C=O) groups is 1. The molecule has 0 saturated carbocycles. The third kappa shape index (κ3) is 3.93. The van der Waals surface area contributed by atoms with Crippen LogP contribution in [0.4, 0.5) is 13.2 Å². The second-order valence-corrected chi connectivity index (χ2v) is 8.91. The highest BCUT2D eigenvalue weighted by Crippen LogP contribution is 2.37. The quantitative estimate of drug-likeness (QED) is 0.322. The van der Waals surface area contributed by atoms with E-state index in [1.54, 1.807) is 36.1 Å². The summed E-state index contributed by atoms with van der Waals surface area (Å²) >= 11 is 0. The van der Waals surface area contributed by atoms with Crippen molar-refractivity contribution in [1.82, 2.24) is 20.1 Å².